The predicted octanol–water partition coefficient (Wildman–Crippen LogP) is -0.821. The Bertz CT molecular complexity index is 589. The van der Waals surface area contributed by atoms with Gasteiger partial charge in [0.25, 0.3) is 11.7 Å². The Balaban J connectivity index is 1.97. The minimum Gasteiger partial charge on any atom is -0.383 e. The summed E-state index contributed by atoms with van der Waals surface area (Å²) in [6.45, 7) is 2.22. The summed E-state index contributed by atoms with van der Waals surface area (Å²) in [5.74, 6) is 0.487. The molecule has 1 aliphatic rings. The second-order valence-corrected chi connectivity index (χ2v) is 3.93. The van der Waals surface area contributed by atoms with Gasteiger partial charge in [-0.15, -0.1) is 0 Å². The van der Waals surface area contributed by atoms with Crippen LogP contribution in [0.25, 0.3) is 5.78 Å². The molecule has 0 unspecified atom stereocenters. The standard InChI is InChI=1S/C10H12N6O2/c11-8-7(5-12-10-13-6-14-16(8)10)9(17)15-1-3-18-4-2-15/h5-6H,1-4,11H2. The molecule has 0 bridgehead atoms. The van der Waals surface area contributed by atoms with E-state index >= 15 is 0 Å². The van der Waals surface area contributed by atoms with Crippen LogP contribution in [0.1, 0.15) is 10.4 Å². The number of ether oxygens (including phenoxy) is 1. The summed E-state index contributed by atoms with van der Waals surface area (Å²) >= 11 is 0. The van der Waals surface area contributed by atoms with Crippen LogP contribution in [0.2, 0.25) is 0 Å². The Morgan fingerprint density at radius 2 is 2.11 bits per heavy atom. The van der Waals surface area contributed by atoms with Gasteiger partial charge in [-0.1, -0.05) is 0 Å². The molecule has 1 fully saturated rings. The normalized spacial score (nSPS) is 16.1. The second-order valence-electron chi connectivity index (χ2n) is 3.93. The molecule has 0 aromatic carbocycles. The quantitative estimate of drug-likeness (QED) is 0.708. The van der Waals surface area contributed by atoms with Crippen LogP contribution in [0, 0.1) is 0 Å². The highest BCUT2D eigenvalue weighted by molar-refractivity contribution is 5.98. The van der Waals surface area contributed by atoms with Crippen LogP contribution in [0.3, 0.4) is 0 Å². The Morgan fingerprint density at radius 3 is 2.89 bits per heavy atom. The average molecular weight is 248 g/mol. The summed E-state index contributed by atoms with van der Waals surface area (Å²) in [6.07, 6.45) is 2.79. The molecule has 3 rings (SSSR count). The Labute approximate surface area is 102 Å². The molecule has 18 heavy (non-hydrogen) atoms. The van der Waals surface area contributed by atoms with E-state index in [1.807, 2.05) is 0 Å². The van der Waals surface area contributed by atoms with Gasteiger partial charge >= 0.3 is 0 Å². The third kappa shape index (κ3) is 1.66. The van der Waals surface area contributed by atoms with Crippen molar-refractivity contribution in [3.05, 3.63) is 18.1 Å². The van der Waals surface area contributed by atoms with Crippen molar-refractivity contribution in [1.29, 1.82) is 0 Å². The Hall–Kier alpha value is -2.22. The van der Waals surface area contributed by atoms with Crippen LogP contribution in [0.5, 0.6) is 0 Å². The number of nitrogens with two attached hydrogens (primary N) is 1. The molecule has 0 atom stereocenters. The van der Waals surface area contributed by atoms with Crippen LogP contribution in [-0.4, -0.2) is 56.7 Å². The molecule has 1 amide bonds. The first-order chi connectivity index (χ1) is 8.77. The van der Waals surface area contributed by atoms with Gasteiger partial charge in [0.1, 0.15) is 17.7 Å². The van der Waals surface area contributed by atoms with Crippen molar-refractivity contribution in [2.24, 2.45) is 0 Å². The van der Waals surface area contributed by atoms with Gasteiger partial charge in [0.05, 0.1) is 13.2 Å². The van der Waals surface area contributed by atoms with Gasteiger partial charge in [-0.3, -0.25) is 4.79 Å². The van der Waals surface area contributed by atoms with E-state index in [0.29, 0.717) is 37.6 Å². The highest BCUT2D eigenvalue weighted by atomic mass is 16.5. The number of rotatable bonds is 1. The summed E-state index contributed by atoms with van der Waals surface area (Å²) in [6, 6.07) is 0. The van der Waals surface area contributed by atoms with Crippen molar-refractivity contribution >= 4 is 17.5 Å². The minimum atomic E-state index is -0.152. The van der Waals surface area contributed by atoms with Crippen molar-refractivity contribution in [2.45, 2.75) is 0 Å². The lowest BCUT2D eigenvalue weighted by Gasteiger charge is -2.27. The number of nitrogens with zero attached hydrogens (tertiary/aromatic N) is 5. The van der Waals surface area contributed by atoms with Crippen LogP contribution in [0.15, 0.2) is 12.5 Å². The van der Waals surface area contributed by atoms with Crippen molar-refractivity contribution in [2.75, 3.05) is 32.0 Å². The van der Waals surface area contributed by atoms with Gasteiger partial charge in [-0.05, 0) is 0 Å². The number of aromatic nitrogens is 4. The number of carbonyl (C=O) groups is 1. The average Bonchev–Trinajstić information content (AvgIpc) is 2.89. The largest absolute Gasteiger partial charge is 0.383 e. The minimum absolute atomic E-state index is 0.152. The SMILES string of the molecule is Nc1c(C(=O)N2CCOCC2)cnc2ncnn12. The van der Waals surface area contributed by atoms with Crippen LogP contribution >= 0.6 is 0 Å². The van der Waals surface area contributed by atoms with Crippen molar-refractivity contribution in [3.8, 4) is 0 Å². The molecule has 2 aromatic heterocycles. The predicted molar refractivity (Wildman–Crippen MR) is 61.9 cm³/mol. The maximum Gasteiger partial charge on any atom is 0.259 e. The molecule has 8 heteroatoms. The third-order valence-electron chi connectivity index (χ3n) is 2.87. The lowest BCUT2D eigenvalue weighted by atomic mass is 10.2. The maximum atomic E-state index is 12.3. The van der Waals surface area contributed by atoms with Gasteiger partial charge < -0.3 is 15.4 Å². The first-order valence-electron chi connectivity index (χ1n) is 5.58. The molecule has 0 aliphatic carbocycles. The van der Waals surface area contributed by atoms with E-state index in [9.17, 15) is 4.79 Å². The molecule has 2 N–H and O–H groups in total. The van der Waals surface area contributed by atoms with Gasteiger partial charge in [0.2, 0.25) is 0 Å². The molecule has 1 aliphatic heterocycles. The fourth-order valence-electron chi connectivity index (χ4n) is 1.90. The van der Waals surface area contributed by atoms with Crippen LogP contribution < -0.4 is 5.73 Å². The number of anilines is 1. The monoisotopic (exact) mass is 248 g/mol. The molecule has 0 radical (unpaired) electrons. The Kier molecular flexibility index (Phi) is 2.56. The fraction of sp³-hybridized carbons (Fsp3) is 0.400. The fourth-order valence-corrected chi connectivity index (χ4v) is 1.90. The van der Waals surface area contributed by atoms with Gasteiger partial charge in [-0.25, -0.2) is 4.98 Å². The van der Waals surface area contributed by atoms with E-state index in [-0.39, 0.29) is 11.7 Å². The summed E-state index contributed by atoms with van der Waals surface area (Å²) in [7, 11) is 0. The van der Waals surface area contributed by atoms with Crippen LogP contribution in [0.4, 0.5) is 5.82 Å². The van der Waals surface area contributed by atoms with Gasteiger partial charge in [0, 0.05) is 19.3 Å². The van der Waals surface area contributed by atoms with E-state index in [4.69, 9.17) is 10.5 Å². The zero-order valence-electron chi connectivity index (χ0n) is 9.61. The van der Waals surface area contributed by atoms with Gasteiger partial charge in [0.15, 0.2) is 0 Å². The summed E-state index contributed by atoms with van der Waals surface area (Å²) < 4.78 is 6.56. The first kappa shape index (κ1) is 10.9. The number of morpholine rings is 1. The lowest BCUT2D eigenvalue weighted by molar-refractivity contribution is 0.0303. The number of nitrogen functional groups attached to an aromatic ring is 1. The molecule has 0 saturated carbocycles. The molecule has 3 heterocycles. The Morgan fingerprint density at radius 1 is 1.33 bits per heavy atom. The smallest absolute Gasteiger partial charge is 0.259 e. The number of hydrogen-bond acceptors (Lipinski definition) is 6. The van der Waals surface area contributed by atoms with Gasteiger partial charge in [-0.2, -0.15) is 14.6 Å². The number of carbonyl (C=O) groups excluding carboxylic acids is 1. The number of hydrogen-bond donors (Lipinski definition) is 1. The van der Waals surface area contributed by atoms with E-state index in [0.717, 1.165) is 0 Å². The molecule has 0 spiro atoms. The van der Waals surface area contributed by atoms with Crippen molar-refractivity contribution in [3.63, 3.8) is 0 Å². The van der Waals surface area contributed by atoms with E-state index < -0.39 is 0 Å². The highest BCUT2D eigenvalue weighted by Crippen LogP contribution is 2.14. The van der Waals surface area contributed by atoms with Crippen molar-refractivity contribution < 1.29 is 9.53 Å². The van der Waals surface area contributed by atoms with E-state index in [1.165, 1.54) is 17.0 Å². The zero-order chi connectivity index (χ0) is 12.5. The molecule has 1 saturated heterocycles. The summed E-state index contributed by atoms with van der Waals surface area (Å²) in [5.41, 5.74) is 6.26. The van der Waals surface area contributed by atoms with Crippen molar-refractivity contribution in [1.82, 2.24) is 24.5 Å². The first-order valence-corrected chi connectivity index (χ1v) is 5.58. The molecular formula is C10H12N6O2. The number of fused-ring (bicyclic) bond motifs is 1. The third-order valence-corrected chi connectivity index (χ3v) is 2.87. The molecule has 94 valence electrons. The number of amides is 1. The van der Waals surface area contributed by atoms with E-state index in [2.05, 4.69) is 15.1 Å². The maximum absolute atomic E-state index is 12.3. The molecular weight excluding hydrogens is 236 g/mol. The zero-order valence-corrected chi connectivity index (χ0v) is 9.61. The summed E-state index contributed by atoms with van der Waals surface area (Å²) in [5, 5.41) is 3.93. The highest BCUT2D eigenvalue weighted by Gasteiger charge is 2.22. The van der Waals surface area contributed by atoms with E-state index in [1.54, 1.807) is 4.90 Å². The molecule has 2 aromatic rings. The summed E-state index contributed by atoms with van der Waals surface area (Å²) in [4.78, 5) is 21.9. The van der Waals surface area contributed by atoms with Crippen LogP contribution in [-0.2, 0) is 4.74 Å². The topological polar surface area (TPSA) is 98.6 Å². The second kappa shape index (κ2) is 4.22. The molecule has 8 nitrogen and oxygen atoms in total. The lowest BCUT2D eigenvalue weighted by Crippen LogP contribution is -2.41.